The molecule has 0 bridgehead atoms. The first kappa shape index (κ1) is 23.0. The number of hydrogen-bond acceptors (Lipinski definition) is 3. The molecule has 0 amide bonds. The van der Waals surface area contributed by atoms with Gasteiger partial charge in [0.05, 0.1) is 13.2 Å². The molecular formula is C25H27BrClNO2. The van der Waals surface area contributed by atoms with Crippen LogP contribution in [0.15, 0.2) is 89.4 Å². The summed E-state index contributed by atoms with van der Waals surface area (Å²) in [7, 11) is 0. The second kappa shape index (κ2) is 10.6. The van der Waals surface area contributed by atoms with Gasteiger partial charge in [-0.25, -0.2) is 0 Å². The van der Waals surface area contributed by atoms with Crippen LogP contribution in [0, 0.1) is 0 Å². The molecule has 0 aromatic heterocycles. The van der Waals surface area contributed by atoms with Crippen LogP contribution < -0.4 is 0 Å². The van der Waals surface area contributed by atoms with E-state index >= 15 is 0 Å². The largest absolute Gasteiger partial charge is 0.380 e. The van der Waals surface area contributed by atoms with Gasteiger partial charge in [0, 0.05) is 30.0 Å². The van der Waals surface area contributed by atoms with Crippen LogP contribution in [-0.2, 0) is 10.3 Å². The molecule has 3 aromatic carbocycles. The molecule has 4 rings (SSSR count). The second-order valence-electron chi connectivity index (χ2n) is 7.52. The Bertz CT molecular complexity index is 901. The van der Waals surface area contributed by atoms with Crippen LogP contribution in [0.4, 0.5) is 0 Å². The SMILES string of the molecule is Cl.OC(c1ccccc1)(c1ccc(Br)cc1)C(CN1CCOCC1)c1ccccc1. The van der Waals surface area contributed by atoms with Gasteiger partial charge in [-0.2, -0.15) is 0 Å². The molecule has 2 unspecified atom stereocenters. The first-order chi connectivity index (χ1) is 14.2. The Morgan fingerprint density at radius 2 is 1.37 bits per heavy atom. The average molecular weight is 489 g/mol. The molecule has 2 atom stereocenters. The smallest absolute Gasteiger partial charge is 0.123 e. The minimum atomic E-state index is -1.15. The number of morpholine rings is 1. The zero-order valence-electron chi connectivity index (χ0n) is 16.8. The molecule has 0 aliphatic carbocycles. The summed E-state index contributed by atoms with van der Waals surface area (Å²) in [5.74, 6) is -0.120. The minimum Gasteiger partial charge on any atom is -0.380 e. The third-order valence-corrected chi connectivity index (χ3v) is 6.28. The molecule has 1 heterocycles. The van der Waals surface area contributed by atoms with Gasteiger partial charge in [-0.3, -0.25) is 4.90 Å². The van der Waals surface area contributed by atoms with Gasteiger partial charge < -0.3 is 9.84 Å². The van der Waals surface area contributed by atoms with Crippen LogP contribution in [0.2, 0.25) is 0 Å². The lowest BCUT2D eigenvalue weighted by molar-refractivity contribution is 0.000763. The molecule has 30 heavy (non-hydrogen) atoms. The number of rotatable bonds is 6. The molecule has 158 valence electrons. The van der Waals surface area contributed by atoms with Crippen molar-refractivity contribution in [2.24, 2.45) is 0 Å². The molecule has 0 spiro atoms. The Balaban J connectivity index is 0.00000256. The quantitative estimate of drug-likeness (QED) is 0.516. The maximum Gasteiger partial charge on any atom is 0.123 e. The van der Waals surface area contributed by atoms with Crippen molar-refractivity contribution in [3.05, 3.63) is 106 Å². The lowest BCUT2D eigenvalue weighted by Crippen LogP contribution is -2.45. The van der Waals surface area contributed by atoms with Crippen LogP contribution in [0.25, 0.3) is 0 Å². The van der Waals surface area contributed by atoms with E-state index in [-0.39, 0.29) is 18.3 Å². The Morgan fingerprint density at radius 1 is 0.833 bits per heavy atom. The van der Waals surface area contributed by atoms with E-state index in [0.717, 1.165) is 54.0 Å². The molecule has 0 radical (unpaired) electrons. The van der Waals surface area contributed by atoms with Crippen molar-refractivity contribution in [2.75, 3.05) is 32.8 Å². The summed E-state index contributed by atoms with van der Waals surface area (Å²) in [5, 5.41) is 12.4. The fourth-order valence-electron chi connectivity index (χ4n) is 4.17. The predicted molar refractivity (Wildman–Crippen MR) is 127 cm³/mol. The van der Waals surface area contributed by atoms with Gasteiger partial charge in [-0.05, 0) is 28.8 Å². The van der Waals surface area contributed by atoms with Gasteiger partial charge in [-0.1, -0.05) is 88.7 Å². The van der Waals surface area contributed by atoms with E-state index < -0.39 is 5.60 Å². The summed E-state index contributed by atoms with van der Waals surface area (Å²) in [5.41, 5.74) is 1.79. The molecule has 1 aliphatic rings. The number of benzene rings is 3. The van der Waals surface area contributed by atoms with Crippen molar-refractivity contribution in [2.45, 2.75) is 11.5 Å². The fraction of sp³-hybridized carbons (Fsp3) is 0.280. The van der Waals surface area contributed by atoms with E-state index in [2.05, 4.69) is 45.1 Å². The van der Waals surface area contributed by atoms with E-state index in [1.165, 1.54) is 0 Å². The molecule has 5 heteroatoms. The predicted octanol–water partition coefficient (Wildman–Crippen LogP) is 5.22. The molecular weight excluding hydrogens is 462 g/mol. The number of nitrogens with zero attached hydrogens (tertiary/aromatic N) is 1. The van der Waals surface area contributed by atoms with Crippen molar-refractivity contribution in [1.82, 2.24) is 4.90 Å². The van der Waals surface area contributed by atoms with Crippen molar-refractivity contribution >= 4 is 28.3 Å². The summed E-state index contributed by atoms with van der Waals surface area (Å²) in [4.78, 5) is 2.40. The van der Waals surface area contributed by atoms with Crippen LogP contribution in [0.5, 0.6) is 0 Å². The van der Waals surface area contributed by atoms with E-state index in [1.54, 1.807) is 0 Å². The monoisotopic (exact) mass is 487 g/mol. The zero-order valence-corrected chi connectivity index (χ0v) is 19.2. The molecule has 1 aliphatic heterocycles. The van der Waals surface area contributed by atoms with Gasteiger partial charge in [0.2, 0.25) is 0 Å². The van der Waals surface area contributed by atoms with Gasteiger partial charge in [-0.15, -0.1) is 12.4 Å². The van der Waals surface area contributed by atoms with E-state index in [9.17, 15) is 5.11 Å². The highest BCUT2D eigenvalue weighted by atomic mass is 79.9. The molecule has 3 aromatic rings. The minimum absolute atomic E-state index is 0. The van der Waals surface area contributed by atoms with E-state index in [4.69, 9.17) is 4.74 Å². The third kappa shape index (κ3) is 4.96. The number of aliphatic hydroxyl groups is 1. The number of halogens is 2. The number of hydrogen-bond donors (Lipinski definition) is 1. The highest BCUT2D eigenvalue weighted by molar-refractivity contribution is 9.10. The normalized spacial score (nSPS) is 17.5. The fourth-order valence-corrected chi connectivity index (χ4v) is 4.44. The van der Waals surface area contributed by atoms with Crippen molar-refractivity contribution in [1.29, 1.82) is 0 Å². The first-order valence-corrected chi connectivity index (χ1v) is 10.9. The van der Waals surface area contributed by atoms with E-state index in [0.29, 0.717) is 0 Å². The molecule has 1 N–H and O–H groups in total. The zero-order chi connectivity index (χ0) is 20.1. The van der Waals surface area contributed by atoms with Gasteiger partial charge in [0.25, 0.3) is 0 Å². The Kier molecular flexibility index (Phi) is 8.09. The highest BCUT2D eigenvalue weighted by Crippen LogP contribution is 2.43. The van der Waals surface area contributed by atoms with Crippen molar-refractivity contribution < 1.29 is 9.84 Å². The standard InChI is InChI=1S/C25H26BrNO2.ClH/c26-23-13-11-22(12-14-23)25(28,21-9-5-2-6-10-21)24(20-7-3-1-4-8-20)19-27-15-17-29-18-16-27;/h1-14,24,28H,15-19H2;1H. The maximum atomic E-state index is 12.4. The van der Waals surface area contributed by atoms with Gasteiger partial charge >= 0.3 is 0 Å². The molecule has 1 saturated heterocycles. The maximum absolute atomic E-state index is 12.4. The second-order valence-corrected chi connectivity index (χ2v) is 8.43. The average Bonchev–Trinajstić information content (AvgIpc) is 2.79. The van der Waals surface area contributed by atoms with Crippen LogP contribution >= 0.6 is 28.3 Å². The highest BCUT2D eigenvalue weighted by Gasteiger charge is 2.42. The van der Waals surface area contributed by atoms with Crippen LogP contribution in [0.3, 0.4) is 0 Å². The summed E-state index contributed by atoms with van der Waals surface area (Å²) >= 11 is 3.53. The van der Waals surface area contributed by atoms with E-state index in [1.807, 2.05) is 60.7 Å². The number of ether oxygens (including phenoxy) is 1. The lowest BCUT2D eigenvalue weighted by Gasteiger charge is -2.41. The first-order valence-electron chi connectivity index (χ1n) is 10.1. The Morgan fingerprint density at radius 3 is 1.97 bits per heavy atom. The van der Waals surface area contributed by atoms with Crippen LogP contribution in [-0.4, -0.2) is 42.9 Å². The third-order valence-electron chi connectivity index (χ3n) is 5.75. The molecule has 1 fully saturated rings. The Labute approximate surface area is 193 Å². The Hall–Kier alpha value is -1.69. The van der Waals surface area contributed by atoms with Gasteiger partial charge in [0.1, 0.15) is 5.60 Å². The topological polar surface area (TPSA) is 32.7 Å². The van der Waals surface area contributed by atoms with Crippen LogP contribution in [0.1, 0.15) is 22.6 Å². The molecule has 0 saturated carbocycles. The summed E-state index contributed by atoms with van der Waals surface area (Å²) in [6.07, 6.45) is 0. The summed E-state index contributed by atoms with van der Waals surface area (Å²) in [6.45, 7) is 4.00. The van der Waals surface area contributed by atoms with Crippen molar-refractivity contribution in [3.8, 4) is 0 Å². The van der Waals surface area contributed by atoms with Crippen molar-refractivity contribution in [3.63, 3.8) is 0 Å². The summed E-state index contributed by atoms with van der Waals surface area (Å²) < 4.78 is 6.55. The van der Waals surface area contributed by atoms with Gasteiger partial charge in [0.15, 0.2) is 0 Å². The molecule has 3 nitrogen and oxygen atoms in total. The lowest BCUT2D eigenvalue weighted by atomic mass is 9.72. The summed E-state index contributed by atoms with van der Waals surface area (Å²) in [6, 6.07) is 28.4.